The van der Waals surface area contributed by atoms with Crippen LogP contribution in [0.2, 0.25) is 0 Å². The standard InChI is InChI=1S/C6H14N2O2.C5H13N.H3N/c7-4-2-1-3-5(8)6(9)10;1-2-3-4-5-6;/h5H,1-4,7-8H2,(H,9,10);2-6H2,1H3;1H3/t5-;;/m0../s1. The average Bonchev–Trinajstić information content (AvgIpc) is 2.27. The zero-order chi connectivity index (χ0) is 12.8. The summed E-state index contributed by atoms with van der Waals surface area (Å²) in [5.41, 5.74) is 15.6. The molecular formula is C11H30N4O2. The molecule has 0 bridgehead atoms. The van der Waals surface area contributed by atoms with Crippen LogP contribution in [0.15, 0.2) is 0 Å². The van der Waals surface area contributed by atoms with Gasteiger partial charge in [-0.2, -0.15) is 0 Å². The van der Waals surface area contributed by atoms with Crippen molar-refractivity contribution in [2.24, 2.45) is 17.2 Å². The fourth-order valence-corrected chi connectivity index (χ4v) is 1.03. The maximum absolute atomic E-state index is 10.1. The zero-order valence-corrected chi connectivity index (χ0v) is 11.0. The van der Waals surface area contributed by atoms with E-state index in [-0.39, 0.29) is 6.15 Å². The Bertz CT molecular complexity index is 152. The van der Waals surface area contributed by atoms with E-state index in [2.05, 4.69) is 6.92 Å². The van der Waals surface area contributed by atoms with Crippen molar-refractivity contribution in [2.75, 3.05) is 13.1 Å². The Morgan fingerprint density at radius 1 is 1.12 bits per heavy atom. The molecule has 17 heavy (non-hydrogen) atoms. The average molecular weight is 250 g/mol. The fraction of sp³-hybridized carbons (Fsp3) is 0.909. The van der Waals surface area contributed by atoms with Gasteiger partial charge in [0.1, 0.15) is 6.04 Å². The number of unbranched alkanes of at least 4 members (excludes halogenated alkanes) is 3. The Morgan fingerprint density at radius 3 is 1.88 bits per heavy atom. The van der Waals surface area contributed by atoms with Crippen LogP contribution in [-0.4, -0.2) is 30.2 Å². The molecule has 6 nitrogen and oxygen atoms in total. The first-order valence-electron chi connectivity index (χ1n) is 5.98. The first kappa shape index (κ1) is 21.6. The lowest BCUT2D eigenvalue weighted by Crippen LogP contribution is -2.29. The molecule has 10 N–H and O–H groups in total. The molecule has 0 heterocycles. The van der Waals surface area contributed by atoms with Gasteiger partial charge in [-0.1, -0.05) is 26.2 Å². The second kappa shape index (κ2) is 17.7. The summed E-state index contributed by atoms with van der Waals surface area (Å²) in [4.78, 5) is 10.1. The zero-order valence-electron chi connectivity index (χ0n) is 11.0. The molecule has 1 atom stereocenters. The summed E-state index contributed by atoms with van der Waals surface area (Å²) in [5, 5.41) is 8.33. The highest BCUT2D eigenvalue weighted by molar-refractivity contribution is 5.72. The summed E-state index contributed by atoms with van der Waals surface area (Å²) in [6.07, 6.45) is 5.92. The van der Waals surface area contributed by atoms with Gasteiger partial charge in [0.25, 0.3) is 0 Å². The fourth-order valence-electron chi connectivity index (χ4n) is 1.03. The number of hydrogen-bond donors (Lipinski definition) is 5. The monoisotopic (exact) mass is 250 g/mol. The Morgan fingerprint density at radius 2 is 1.59 bits per heavy atom. The van der Waals surface area contributed by atoms with Gasteiger partial charge < -0.3 is 28.5 Å². The molecule has 0 aromatic rings. The van der Waals surface area contributed by atoms with Crippen molar-refractivity contribution >= 4 is 5.97 Å². The van der Waals surface area contributed by atoms with Crippen LogP contribution in [0, 0.1) is 0 Å². The summed E-state index contributed by atoms with van der Waals surface area (Å²) >= 11 is 0. The predicted octanol–water partition coefficient (Wildman–Crippen LogP) is 0.825. The summed E-state index contributed by atoms with van der Waals surface area (Å²) in [5.74, 6) is -0.933. The topological polar surface area (TPSA) is 150 Å². The number of hydrogen-bond acceptors (Lipinski definition) is 5. The number of aliphatic carboxylic acids is 1. The maximum atomic E-state index is 10.1. The molecule has 0 spiro atoms. The molecule has 0 saturated carbocycles. The molecule has 0 rings (SSSR count). The van der Waals surface area contributed by atoms with E-state index in [1.54, 1.807) is 0 Å². The molecule has 0 aromatic heterocycles. The van der Waals surface area contributed by atoms with E-state index in [0.29, 0.717) is 13.0 Å². The van der Waals surface area contributed by atoms with Gasteiger partial charge in [0, 0.05) is 0 Å². The van der Waals surface area contributed by atoms with Gasteiger partial charge in [0.05, 0.1) is 0 Å². The van der Waals surface area contributed by atoms with Gasteiger partial charge in [0.15, 0.2) is 0 Å². The van der Waals surface area contributed by atoms with Crippen molar-refractivity contribution < 1.29 is 9.90 Å². The van der Waals surface area contributed by atoms with E-state index in [0.717, 1.165) is 19.4 Å². The minimum atomic E-state index is -0.933. The van der Waals surface area contributed by atoms with Crippen LogP contribution in [0.5, 0.6) is 0 Å². The molecule has 106 valence electrons. The van der Waals surface area contributed by atoms with E-state index in [1.165, 1.54) is 19.3 Å². The minimum absolute atomic E-state index is 0. The molecule has 0 amide bonds. The first-order chi connectivity index (χ1) is 7.59. The normalized spacial score (nSPS) is 10.8. The second-order valence-corrected chi connectivity index (χ2v) is 3.72. The highest BCUT2D eigenvalue weighted by Crippen LogP contribution is 1.96. The third kappa shape index (κ3) is 21.2. The second-order valence-electron chi connectivity index (χ2n) is 3.72. The van der Waals surface area contributed by atoms with Crippen molar-refractivity contribution in [3.63, 3.8) is 0 Å². The SMILES string of the molecule is CCCCCN.N.NCCCC[C@H](N)C(=O)O. The molecule has 0 unspecified atom stereocenters. The summed E-state index contributed by atoms with van der Waals surface area (Å²) in [7, 11) is 0. The van der Waals surface area contributed by atoms with Crippen molar-refractivity contribution in [3.05, 3.63) is 0 Å². The van der Waals surface area contributed by atoms with Crippen LogP contribution in [0.4, 0.5) is 0 Å². The van der Waals surface area contributed by atoms with Crippen molar-refractivity contribution in [3.8, 4) is 0 Å². The van der Waals surface area contributed by atoms with Crippen molar-refractivity contribution in [1.29, 1.82) is 0 Å². The van der Waals surface area contributed by atoms with Crippen LogP contribution < -0.4 is 23.4 Å². The van der Waals surface area contributed by atoms with E-state index < -0.39 is 12.0 Å². The van der Waals surface area contributed by atoms with Crippen molar-refractivity contribution in [2.45, 2.75) is 51.5 Å². The van der Waals surface area contributed by atoms with Crippen molar-refractivity contribution in [1.82, 2.24) is 6.15 Å². The van der Waals surface area contributed by atoms with Crippen LogP contribution in [0.25, 0.3) is 0 Å². The molecule has 0 radical (unpaired) electrons. The minimum Gasteiger partial charge on any atom is -0.480 e. The molecule has 0 saturated heterocycles. The Balaban J connectivity index is -0.000000244. The lowest BCUT2D eigenvalue weighted by molar-refractivity contribution is -0.138. The molecular weight excluding hydrogens is 220 g/mol. The third-order valence-corrected chi connectivity index (χ3v) is 2.09. The van der Waals surface area contributed by atoms with E-state index in [1.807, 2.05) is 0 Å². The van der Waals surface area contributed by atoms with Gasteiger partial charge in [-0.25, -0.2) is 0 Å². The molecule has 0 aliphatic heterocycles. The van der Waals surface area contributed by atoms with Gasteiger partial charge in [-0.05, 0) is 32.4 Å². The third-order valence-electron chi connectivity index (χ3n) is 2.09. The molecule has 0 aromatic carbocycles. The van der Waals surface area contributed by atoms with E-state index >= 15 is 0 Å². The Kier molecular flexibility index (Phi) is 22.5. The van der Waals surface area contributed by atoms with Crippen LogP contribution >= 0.6 is 0 Å². The van der Waals surface area contributed by atoms with Crippen LogP contribution in [0.1, 0.15) is 45.4 Å². The number of carboxylic acids is 1. The van der Waals surface area contributed by atoms with Gasteiger partial charge >= 0.3 is 5.97 Å². The Labute approximate surface area is 105 Å². The maximum Gasteiger partial charge on any atom is 0.320 e. The number of carbonyl (C=O) groups is 1. The molecule has 0 aliphatic rings. The molecule has 0 fully saturated rings. The predicted molar refractivity (Wildman–Crippen MR) is 72.1 cm³/mol. The summed E-state index contributed by atoms with van der Waals surface area (Å²) in [6.45, 7) is 3.63. The molecule has 6 heteroatoms. The molecule has 0 aliphatic carbocycles. The largest absolute Gasteiger partial charge is 0.480 e. The van der Waals surface area contributed by atoms with E-state index in [9.17, 15) is 4.79 Å². The quantitative estimate of drug-likeness (QED) is 0.402. The van der Waals surface area contributed by atoms with Gasteiger partial charge in [-0.3, -0.25) is 4.79 Å². The summed E-state index contributed by atoms with van der Waals surface area (Å²) in [6, 6.07) is -0.716. The first-order valence-corrected chi connectivity index (χ1v) is 5.98. The highest BCUT2D eigenvalue weighted by atomic mass is 16.4. The lowest BCUT2D eigenvalue weighted by Gasteiger charge is -2.03. The van der Waals surface area contributed by atoms with Crippen LogP contribution in [0.3, 0.4) is 0 Å². The number of rotatable bonds is 8. The number of carboxylic acid groups (broad SMARTS) is 1. The van der Waals surface area contributed by atoms with Crippen LogP contribution in [-0.2, 0) is 4.79 Å². The van der Waals surface area contributed by atoms with Gasteiger partial charge in [-0.15, -0.1) is 0 Å². The Hall–Kier alpha value is -0.690. The highest BCUT2D eigenvalue weighted by Gasteiger charge is 2.09. The van der Waals surface area contributed by atoms with E-state index in [4.69, 9.17) is 22.3 Å². The lowest BCUT2D eigenvalue weighted by atomic mass is 10.1. The number of nitrogens with two attached hydrogens (primary N) is 3. The summed E-state index contributed by atoms with van der Waals surface area (Å²) < 4.78 is 0. The van der Waals surface area contributed by atoms with Gasteiger partial charge in [0.2, 0.25) is 0 Å². The smallest absolute Gasteiger partial charge is 0.320 e.